The molecule has 0 fully saturated rings. The molecule has 196 valence electrons. The summed E-state index contributed by atoms with van der Waals surface area (Å²) in [6.45, 7) is 2.91. The average Bonchev–Trinajstić information content (AvgIpc) is 3.73. The second kappa shape index (κ2) is 10.1. The quantitative estimate of drug-likeness (QED) is 0.231. The first-order chi connectivity index (χ1) is 19.1. The number of anilines is 2. The highest BCUT2D eigenvalue weighted by Crippen LogP contribution is 2.29. The smallest absolute Gasteiger partial charge is 0.293 e. The Bertz CT molecular complexity index is 1650. The summed E-state index contributed by atoms with van der Waals surface area (Å²) in [5, 5.41) is 31.3. The van der Waals surface area contributed by atoms with Gasteiger partial charge in [0.1, 0.15) is 6.33 Å². The van der Waals surface area contributed by atoms with Crippen LogP contribution in [-0.2, 0) is 13.0 Å². The molecule has 39 heavy (non-hydrogen) atoms. The molecule has 15 nitrogen and oxygen atoms in total. The Balaban J connectivity index is 1.29. The van der Waals surface area contributed by atoms with Gasteiger partial charge in [0.2, 0.25) is 11.6 Å². The molecule has 6 rings (SSSR count). The number of nitrogens with zero attached hydrogens (tertiary/aromatic N) is 11. The van der Waals surface area contributed by atoms with Gasteiger partial charge in [-0.15, -0.1) is 10.2 Å². The van der Waals surface area contributed by atoms with Gasteiger partial charge in [0, 0.05) is 12.2 Å². The highest BCUT2D eigenvalue weighted by molar-refractivity contribution is 6.01. The van der Waals surface area contributed by atoms with E-state index in [0.717, 1.165) is 36.3 Å². The number of carbonyl (C=O) groups is 1. The maximum absolute atomic E-state index is 13.3. The molecule has 1 amide bonds. The molecule has 0 saturated heterocycles. The number of amides is 1. The summed E-state index contributed by atoms with van der Waals surface area (Å²) in [6.07, 6.45) is 3.46. The lowest BCUT2D eigenvalue weighted by atomic mass is 10.0. The zero-order chi connectivity index (χ0) is 26.8. The van der Waals surface area contributed by atoms with Crippen LogP contribution in [0.25, 0.3) is 11.5 Å². The molecular formula is C24H23N13O2. The fourth-order valence-corrected chi connectivity index (χ4v) is 4.49. The number of carbonyl (C=O) groups excluding carboxylic acids is 1. The normalized spacial score (nSPS) is 13.4. The zero-order valence-corrected chi connectivity index (χ0v) is 20.8. The summed E-state index contributed by atoms with van der Waals surface area (Å²) in [4.78, 5) is 15.5. The van der Waals surface area contributed by atoms with Crippen LogP contribution in [0.2, 0.25) is 0 Å². The Labute approximate surface area is 221 Å². The molecule has 2 aromatic carbocycles. The number of para-hydroxylation sites is 1. The lowest BCUT2D eigenvalue weighted by molar-refractivity contribution is 0.0948. The van der Waals surface area contributed by atoms with E-state index in [1.54, 1.807) is 6.92 Å². The Kier molecular flexibility index (Phi) is 6.20. The molecule has 1 aliphatic heterocycles. The molecular weight excluding hydrogens is 502 g/mol. The third-order valence-corrected chi connectivity index (χ3v) is 6.42. The van der Waals surface area contributed by atoms with Crippen LogP contribution >= 0.6 is 0 Å². The van der Waals surface area contributed by atoms with Crippen LogP contribution in [-0.4, -0.2) is 63.7 Å². The van der Waals surface area contributed by atoms with Crippen LogP contribution in [0.15, 0.2) is 64.6 Å². The molecule has 0 spiro atoms. The van der Waals surface area contributed by atoms with Gasteiger partial charge >= 0.3 is 0 Å². The van der Waals surface area contributed by atoms with Crippen LogP contribution in [0.5, 0.6) is 0 Å². The van der Waals surface area contributed by atoms with Crippen molar-refractivity contribution in [3.8, 4) is 11.5 Å². The largest absolute Gasteiger partial charge is 0.378 e. The summed E-state index contributed by atoms with van der Waals surface area (Å²) >= 11 is 0. The predicted molar refractivity (Wildman–Crippen MR) is 138 cm³/mol. The summed E-state index contributed by atoms with van der Waals surface area (Å²) in [7, 11) is 0. The topological polar surface area (TPSA) is 184 Å². The maximum Gasteiger partial charge on any atom is 0.293 e. The lowest BCUT2D eigenvalue weighted by Gasteiger charge is -2.31. The lowest BCUT2D eigenvalue weighted by Crippen LogP contribution is -2.31. The van der Waals surface area contributed by atoms with E-state index in [1.165, 1.54) is 21.3 Å². The van der Waals surface area contributed by atoms with Crippen LogP contribution in [0.1, 0.15) is 40.7 Å². The first-order valence-corrected chi connectivity index (χ1v) is 12.1. The van der Waals surface area contributed by atoms with Gasteiger partial charge in [-0.1, -0.05) is 35.5 Å². The van der Waals surface area contributed by atoms with Gasteiger partial charge in [-0.25, -0.2) is 14.7 Å². The van der Waals surface area contributed by atoms with Gasteiger partial charge in [-0.05, 0) is 69.8 Å². The van der Waals surface area contributed by atoms with Crippen molar-refractivity contribution in [2.24, 2.45) is 5.10 Å². The summed E-state index contributed by atoms with van der Waals surface area (Å²) in [5.41, 5.74) is 13.5. The molecule has 0 radical (unpaired) electrons. The van der Waals surface area contributed by atoms with E-state index in [2.05, 4.69) is 63.7 Å². The fraction of sp³-hybridized carbons (Fsp3) is 0.208. The molecule has 3 aromatic heterocycles. The molecule has 15 heteroatoms. The summed E-state index contributed by atoms with van der Waals surface area (Å²) < 4.78 is 7.68. The van der Waals surface area contributed by atoms with Gasteiger partial charge < -0.3 is 10.6 Å². The number of benzene rings is 2. The van der Waals surface area contributed by atoms with Crippen LogP contribution in [0.4, 0.5) is 11.5 Å². The number of nitrogens with two attached hydrogens (primary N) is 1. The number of hydrogen-bond donors (Lipinski definition) is 2. The first-order valence-electron chi connectivity index (χ1n) is 12.1. The molecule has 3 N–H and O–H groups in total. The number of rotatable bonds is 7. The standard InChI is InChI=1S/C24H23N13O2/c1-15(17-7-4-9-18(12-17)36-14-26-32-34-36)27-29-24(38)21-20(37(33-28-21)23-22(25)30-39-31-23)13-35-11-5-8-16-6-2-3-10-19(16)35/h2-4,6-7,9-10,12,14H,5,8,11,13H2,1H3,(H2,25,30)(H,29,38)/b27-15-. The van der Waals surface area contributed by atoms with Crippen molar-refractivity contribution in [2.75, 3.05) is 17.2 Å². The van der Waals surface area contributed by atoms with Crippen LogP contribution < -0.4 is 16.1 Å². The fourth-order valence-electron chi connectivity index (χ4n) is 4.49. The van der Waals surface area contributed by atoms with Gasteiger partial charge in [0.05, 0.1) is 23.6 Å². The first kappa shape index (κ1) is 23.9. The Morgan fingerprint density at radius 1 is 1.15 bits per heavy atom. The molecule has 0 saturated carbocycles. The number of nitrogen functional groups attached to an aromatic ring is 1. The number of hydrazone groups is 1. The molecule has 0 atom stereocenters. The van der Waals surface area contributed by atoms with Crippen LogP contribution in [0.3, 0.4) is 0 Å². The molecule has 1 aliphatic rings. The number of nitrogens with one attached hydrogen (secondary N) is 1. The third kappa shape index (κ3) is 4.68. The van der Waals surface area contributed by atoms with Crippen molar-refractivity contribution < 1.29 is 9.42 Å². The van der Waals surface area contributed by atoms with Crippen molar-refractivity contribution in [1.82, 2.24) is 50.9 Å². The average molecular weight is 526 g/mol. The minimum Gasteiger partial charge on any atom is -0.378 e. The predicted octanol–water partition coefficient (Wildman–Crippen LogP) is 1.31. The molecule has 0 bridgehead atoms. The Morgan fingerprint density at radius 2 is 2.05 bits per heavy atom. The van der Waals surface area contributed by atoms with Crippen molar-refractivity contribution in [3.05, 3.63) is 77.4 Å². The third-order valence-electron chi connectivity index (χ3n) is 6.42. The highest BCUT2D eigenvalue weighted by Gasteiger charge is 2.27. The van der Waals surface area contributed by atoms with E-state index in [-0.39, 0.29) is 17.3 Å². The molecule has 5 aromatic rings. The number of fused-ring (bicyclic) bond motifs is 1. The van der Waals surface area contributed by atoms with Crippen molar-refractivity contribution in [2.45, 2.75) is 26.3 Å². The van der Waals surface area contributed by atoms with Crippen molar-refractivity contribution in [1.29, 1.82) is 0 Å². The van der Waals surface area contributed by atoms with Crippen molar-refractivity contribution >= 4 is 23.1 Å². The SMILES string of the molecule is C/C(=N/NC(=O)c1nnn(-c2nonc2N)c1CN1CCCc2ccccc21)c1cccc(-n2cnnn2)c1. The minimum absolute atomic E-state index is 0.0310. The minimum atomic E-state index is -0.535. The number of tetrazole rings is 1. The maximum atomic E-state index is 13.3. The second-order valence-corrected chi connectivity index (χ2v) is 8.87. The molecule has 4 heterocycles. The number of aryl methyl sites for hydroxylation is 1. The van der Waals surface area contributed by atoms with E-state index in [1.807, 2.05) is 36.4 Å². The molecule has 0 unspecified atom stereocenters. The van der Waals surface area contributed by atoms with E-state index in [0.29, 0.717) is 18.0 Å². The Hall–Kier alpha value is -5.47. The summed E-state index contributed by atoms with van der Waals surface area (Å²) in [5.74, 6) is -0.350. The van der Waals surface area contributed by atoms with Crippen LogP contribution in [0, 0.1) is 0 Å². The Morgan fingerprint density at radius 3 is 2.87 bits per heavy atom. The highest BCUT2D eigenvalue weighted by atomic mass is 16.6. The van der Waals surface area contributed by atoms with Gasteiger partial charge in [-0.3, -0.25) is 4.79 Å². The van der Waals surface area contributed by atoms with Gasteiger partial charge in [0.15, 0.2) is 5.69 Å². The van der Waals surface area contributed by atoms with Gasteiger partial charge in [-0.2, -0.15) is 9.78 Å². The molecule has 0 aliphatic carbocycles. The van der Waals surface area contributed by atoms with E-state index in [9.17, 15) is 4.79 Å². The zero-order valence-electron chi connectivity index (χ0n) is 20.8. The number of aromatic nitrogens is 9. The van der Waals surface area contributed by atoms with E-state index >= 15 is 0 Å². The monoisotopic (exact) mass is 525 g/mol. The number of hydrogen-bond acceptors (Lipinski definition) is 12. The van der Waals surface area contributed by atoms with E-state index in [4.69, 9.17) is 10.4 Å². The van der Waals surface area contributed by atoms with Crippen molar-refractivity contribution in [3.63, 3.8) is 0 Å². The second-order valence-electron chi connectivity index (χ2n) is 8.87. The van der Waals surface area contributed by atoms with E-state index < -0.39 is 5.91 Å². The van der Waals surface area contributed by atoms with Gasteiger partial charge in [0.25, 0.3) is 5.91 Å². The summed E-state index contributed by atoms with van der Waals surface area (Å²) in [6, 6.07) is 15.6.